The largest absolute Gasteiger partial charge is 0.459 e. The lowest BCUT2D eigenvalue weighted by molar-refractivity contribution is -0.144. The number of hydrogen-bond donors (Lipinski definition) is 0. The van der Waals surface area contributed by atoms with Crippen molar-refractivity contribution >= 4 is 5.97 Å². The average molecular weight is 360 g/mol. The van der Waals surface area contributed by atoms with Gasteiger partial charge in [-0.3, -0.25) is 4.79 Å². The van der Waals surface area contributed by atoms with Crippen LogP contribution < -0.4 is 0 Å². The topological polar surface area (TPSA) is 44.1 Å². The standard InChI is InChI=1S/C19H15F3N2O2/c20-19(21,22)15-8-6-14(7-9-15)12-18(25)26-13-16-10-11-24(23-16)17-4-2-1-3-5-17/h1-11H,12-13H2. The Kier molecular flexibility index (Phi) is 5.06. The lowest BCUT2D eigenvalue weighted by Gasteiger charge is -2.07. The smallest absolute Gasteiger partial charge is 0.416 e. The van der Waals surface area contributed by atoms with Crippen molar-refractivity contribution in [3.8, 4) is 5.69 Å². The fourth-order valence-corrected chi connectivity index (χ4v) is 2.35. The first-order chi connectivity index (χ1) is 12.4. The molecule has 0 aliphatic carbocycles. The van der Waals surface area contributed by atoms with Crippen LogP contribution in [0, 0.1) is 0 Å². The summed E-state index contributed by atoms with van der Waals surface area (Å²) in [7, 11) is 0. The molecule has 0 bridgehead atoms. The van der Waals surface area contributed by atoms with E-state index in [9.17, 15) is 18.0 Å². The Hall–Kier alpha value is -3.09. The molecular formula is C19H15F3N2O2. The molecule has 3 aromatic rings. The van der Waals surface area contributed by atoms with E-state index in [0.717, 1.165) is 17.8 Å². The minimum Gasteiger partial charge on any atom is -0.459 e. The molecule has 26 heavy (non-hydrogen) atoms. The first-order valence-electron chi connectivity index (χ1n) is 7.83. The van der Waals surface area contributed by atoms with E-state index < -0.39 is 17.7 Å². The first-order valence-corrected chi connectivity index (χ1v) is 7.83. The van der Waals surface area contributed by atoms with E-state index in [1.165, 1.54) is 12.1 Å². The van der Waals surface area contributed by atoms with Crippen LogP contribution in [0.3, 0.4) is 0 Å². The number of benzene rings is 2. The third-order valence-electron chi connectivity index (χ3n) is 3.68. The molecule has 0 aliphatic heterocycles. The van der Waals surface area contributed by atoms with Gasteiger partial charge in [0.1, 0.15) is 12.3 Å². The normalized spacial score (nSPS) is 11.3. The molecule has 0 saturated carbocycles. The maximum absolute atomic E-state index is 12.5. The van der Waals surface area contributed by atoms with Crippen LogP contribution in [-0.4, -0.2) is 15.7 Å². The van der Waals surface area contributed by atoms with Crippen LogP contribution in [0.4, 0.5) is 13.2 Å². The van der Waals surface area contributed by atoms with Gasteiger partial charge < -0.3 is 4.74 Å². The third-order valence-corrected chi connectivity index (χ3v) is 3.68. The van der Waals surface area contributed by atoms with Crippen LogP contribution in [0.1, 0.15) is 16.8 Å². The quantitative estimate of drug-likeness (QED) is 0.641. The highest BCUT2D eigenvalue weighted by Crippen LogP contribution is 2.29. The van der Waals surface area contributed by atoms with Crippen molar-refractivity contribution in [2.24, 2.45) is 0 Å². The van der Waals surface area contributed by atoms with E-state index in [-0.39, 0.29) is 13.0 Å². The van der Waals surface area contributed by atoms with Gasteiger partial charge in [0.25, 0.3) is 0 Å². The average Bonchev–Trinajstić information content (AvgIpc) is 3.09. The van der Waals surface area contributed by atoms with Crippen molar-refractivity contribution in [2.75, 3.05) is 0 Å². The van der Waals surface area contributed by atoms with Crippen LogP contribution in [0.2, 0.25) is 0 Å². The van der Waals surface area contributed by atoms with Gasteiger partial charge in [-0.15, -0.1) is 0 Å². The van der Waals surface area contributed by atoms with Crippen LogP contribution in [-0.2, 0) is 28.7 Å². The number of carbonyl (C=O) groups excluding carboxylic acids is 1. The highest BCUT2D eigenvalue weighted by atomic mass is 19.4. The Bertz CT molecular complexity index is 872. The van der Waals surface area contributed by atoms with Crippen LogP contribution in [0.15, 0.2) is 66.9 Å². The molecule has 0 unspecified atom stereocenters. The van der Waals surface area contributed by atoms with Crippen LogP contribution in [0.5, 0.6) is 0 Å². The van der Waals surface area contributed by atoms with Crippen molar-refractivity contribution in [2.45, 2.75) is 19.2 Å². The zero-order valence-electron chi connectivity index (χ0n) is 13.6. The Balaban J connectivity index is 1.54. The second-order valence-electron chi connectivity index (χ2n) is 5.62. The van der Waals surface area contributed by atoms with E-state index >= 15 is 0 Å². The summed E-state index contributed by atoms with van der Waals surface area (Å²) in [6.45, 7) is -0.000693. The molecule has 0 saturated heterocycles. The highest BCUT2D eigenvalue weighted by Gasteiger charge is 2.29. The molecule has 0 amide bonds. The van der Waals surface area contributed by atoms with Crippen molar-refractivity contribution < 1.29 is 22.7 Å². The molecule has 4 nitrogen and oxygen atoms in total. The van der Waals surface area contributed by atoms with Gasteiger partial charge in [0.15, 0.2) is 0 Å². The van der Waals surface area contributed by atoms with Gasteiger partial charge in [-0.2, -0.15) is 18.3 Å². The molecule has 7 heteroatoms. The molecule has 0 aliphatic rings. The molecule has 2 aromatic carbocycles. The van der Waals surface area contributed by atoms with Crippen molar-refractivity contribution in [1.29, 1.82) is 0 Å². The number of halogens is 3. The summed E-state index contributed by atoms with van der Waals surface area (Å²) in [5.41, 5.74) is 1.17. The molecule has 0 radical (unpaired) electrons. The summed E-state index contributed by atoms with van der Waals surface area (Å²) in [6, 6.07) is 15.6. The van der Waals surface area contributed by atoms with Gasteiger partial charge >= 0.3 is 12.1 Å². The van der Waals surface area contributed by atoms with Crippen molar-refractivity contribution in [1.82, 2.24) is 9.78 Å². The molecule has 0 fully saturated rings. The van der Waals surface area contributed by atoms with Crippen molar-refractivity contribution in [3.05, 3.63) is 83.7 Å². The monoisotopic (exact) mass is 360 g/mol. The number of aromatic nitrogens is 2. The van der Waals surface area contributed by atoms with E-state index in [4.69, 9.17) is 4.74 Å². The van der Waals surface area contributed by atoms with Gasteiger partial charge in [-0.05, 0) is 35.9 Å². The molecule has 1 aromatic heterocycles. The van der Waals surface area contributed by atoms with Crippen LogP contribution in [0.25, 0.3) is 5.69 Å². The Morgan fingerprint density at radius 3 is 2.35 bits per heavy atom. The first kappa shape index (κ1) is 17.7. The zero-order valence-corrected chi connectivity index (χ0v) is 13.6. The fraction of sp³-hybridized carbons (Fsp3) is 0.158. The Labute approximate surface area is 147 Å². The summed E-state index contributed by atoms with van der Waals surface area (Å²) in [4.78, 5) is 11.9. The summed E-state index contributed by atoms with van der Waals surface area (Å²) in [6.07, 6.45) is -2.73. The van der Waals surface area contributed by atoms with Gasteiger partial charge in [0.2, 0.25) is 0 Å². The Morgan fingerprint density at radius 1 is 1.00 bits per heavy atom. The van der Waals surface area contributed by atoms with E-state index in [1.54, 1.807) is 16.9 Å². The number of alkyl halides is 3. The number of para-hydroxylation sites is 1. The summed E-state index contributed by atoms with van der Waals surface area (Å²) < 4.78 is 44.4. The molecular weight excluding hydrogens is 345 g/mol. The van der Waals surface area contributed by atoms with E-state index in [1.807, 2.05) is 30.3 Å². The van der Waals surface area contributed by atoms with Gasteiger partial charge in [0.05, 0.1) is 17.7 Å². The molecule has 3 rings (SSSR count). The molecule has 1 heterocycles. The summed E-state index contributed by atoms with van der Waals surface area (Å²) in [5.74, 6) is -0.529. The number of carbonyl (C=O) groups is 1. The highest BCUT2D eigenvalue weighted by molar-refractivity contribution is 5.72. The Morgan fingerprint density at radius 2 is 1.69 bits per heavy atom. The minimum absolute atomic E-state index is 0.000693. The molecule has 0 N–H and O–H groups in total. The maximum Gasteiger partial charge on any atom is 0.416 e. The number of esters is 1. The zero-order chi connectivity index (χ0) is 18.6. The lowest BCUT2D eigenvalue weighted by atomic mass is 10.1. The molecule has 0 spiro atoms. The van der Waals surface area contributed by atoms with E-state index in [0.29, 0.717) is 11.3 Å². The number of nitrogens with zero attached hydrogens (tertiary/aromatic N) is 2. The van der Waals surface area contributed by atoms with E-state index in [2.05, 4.69) is 5.10 Å². The summed E-state index contributed by atoms with van der Waals surface area (Å²) >= 11 is 0. The number of hydrogen-bond acceptors (Lipinski definition) is 3. The van der Waals surface area contributed by atoms with Gasteiger partial charge in [-0.25, -0.2) is 4.68 Å². The lowest BCUT2D eigenvalue weighted by Crippen LogP contribution is -2.09. The third kappa shape index (κ3) is 4.50. The molecule has 134 valence electrons. The van der Waals surface area contributed by atoms with Crippen molar-refractivity contribution in [3.63, 3.8) is 0 Å². The minimum atomic E-state index is -4.39. The predicted octanol–water partition coefficient (Wildman–Crippen LogP) is 4.18. The second-order valence-corrected chi connectivity index (χ2v) is 5.62. The number of rotatable bonds is 5. The van der Waals surface area contributed by atoms with Crippen LogP contribution >= 0.6 is 0 Å². The predicted molar refractivity (Wildman–Crippen MR) is 88.5 cm³/mol. The number of ether oxygens (including phenoxy) is 1. The van der Waals surface area contributed by atoms with Gasteiger partial charge in [-0.1, -0.05) is 30.3 Å². The fourth-order valence-electron chi connectivity index (χ4n) is 2.35. The molecule has 0 atom stereocenters. The second kappa shape index (κ2) is 7.43. The SMILES string of the molecule is O=C(Cc1ccc(C(F)(F)F)cc1)OCc1ccn(-c2ccccc2)n1. The maximum atomic E-state index is 12.5. The summed E-state index contributed by atoms with van der Waals surface area (Å²) in [5, 5.41) is 4.31. The van der Waals surface area contributed by atoms with Gasteiger partial charge in [0, 0.05) is 6.20 Å².